The molecule has 0 saturated carbocycles. The molecule has 0 radical (unpaired) electrons. The van der Waals surface area contributed by atoms with Crippen LogP contribution in [0.15, 0.2) is 84.9 Å². The Morgan fingerprint density at radius 3 is 2.44 bits per heavy atom. The standard InChI is InChI=1S/C35H29N5O5/c1-45-29-19-22(33(42)39-18-7-6-10-21-9-2-5-15-28(21)39)16-17-25(29)32(41)37-27-14-8-13-26-31(27)38-30(36-26)20-40-34(43)23-11-3-4-12-24(23)35(40)44/h2-5,8-9,11-17,19H,6-7,10,18,20H2,1H3,(H,36,38)(H,37,41). The molecule has 0 saturated heterocycles. The largest absolute Gasteiger partial charge is 0.496 e. The SMILES string of the molecule is COc1cc(C(=O)N2CCCCc3ccccc32)ccc1C(=O)Nc1cccc2[nH]c(CN3C(=O)c4ccccc4C3=O)nc12. The molecule has 7 rings (SSSR count). The van der Waals surface area contributed by atoms with Crippen LogP contribution in [0.4, 0.5) is 11.4 Å². The number of carbonyl (C=O) groups excluding carboxylic acids is 4. The number of imide groups is 1. The fourth-order valence-corrected chi connectivity index (χ4v) is 6.05. The van der Waals surface area contributed by atoms with Crippen molar-refractivity contribution in [3.05, 3.63) is 119 Å². The van der Waals surface area contributed by atoms with E-state index in [1.165, 1.54) is 7.11 Å². The topological polar surface area (TPSA) is 125 Å². The summed E-state index contributed by atoms with van der Waals surface area (Å²) in [6.45, 7) is 0.572. The first-order chi connectivity index (χ1) is 21.9. The number of rotatable bonds is 6. The molecule has 0 unspecified atom stereocenters. The summed E-state index contributed by atoms with van der Waals surface area (Å²) >= 11 is 0. The number of hydrogen-bond donors (Lipinski definition) is 2. The van der Waals surface area contributed by atoms with Gasteiger partial charge in [0.2, 0.25) is 0 Å². The van der Waals surface area contributed by atoms with Crippen LogP contribution >= 0.6 is 0 Å². The van der Waals surface area contributed by atoms with Crippen LogP contribution in [0.2, 0.25) is 0 Å². The van der Waals surface area contributed by atoms with Gasteiger partial charge in [0.25, 0.3) is 23.6 Å². The van der Waals surface area contributed by atoms with E-state index in [0.29, 0.717) is 45.8 Å². The second-order valence-corrected chi connectivity index (χ2v) is 11.0. The Bertz CT molecular complexity index is 1980. The van der Waals surface area contributed by atoms with Gasteiger partial charge < -0.3 is 19.9 Å². The van der Waals surface area contributed by atoms with Gasteiger partial charge >= 0.3 is 0 Å². The number of imidazole rings is 1. The summed E-state index contributed by atoms with van der Waals surface area (Å²) in [6.07, 6.45) is 2.84. The summed E-state index contributed by atoms with van der Waals surface area (Å²) in [5.41, 5.74) is 5.00. The van der Waals surface area contributed by atoms with E-state index >= 15 is 0 Å². The summed E-state index contributed by atoms with van der Waals surface area (Å²) < 4.78 is 5.57. The summed E-state index contributed by atoms with van der Waals surface area (Å²) in [5.74, 6) is -0.680. The van der Waals surface area contributed by atoms with Gasteiger partial charge in [-0.05, 0) is 73.4 Å². The lowest BCUT2D eigenvalue weighted by molar-refractivity contribution is 0.0638. The second kappa shape index (κ2) is 11.4. The van der Waals surface area contributed by atoms with Crippen LogP contribution in [-0.4, -0.2) is 52.2 Å². The fraction of sp³-hybridized carbons (Fsp3) is 0.171. The smallest absolute Gasteiger partial charge is 0.261 e. The highest BCUT2D eigenvalue weighted by molar-refractivity contribution is 6.21. The lowest BCUT2D eigenvalue weighted by Crippen LogP contribution is -2.31. The van der Waals surface area contributed by atoms with E-state index < -0.39 is 5.91 Å². The highest BCUT2D eigenvalue weighted by Gasteiger charge is 2.35. The molecule has 5 aromatic rings. The number of nitrogens with zero attached hydrogens (tertiary/aromatic N) is 3. The molecule has 2 aliphatic heterocycles. The molecule has 2 aliphatic rings. The quantitative estimate of drug-likeness (QED) is 0.245. The van der Waals surface area contributed by atoms with E-state index in [4.69, 9.17) is 4.74 Å². The number of methoxy groups -OCH3 is 1. The van der Waals surface area contributed by atoms with Crippen LogP contribution in [0, 0.1) is 0 Å². The summed E-state index contributed by atoms with van der Waals surface area (Å²) in [6, 6.07) is 24.8. The van der Waals surface area contributed by atoms with Crippen molar-refractivity contribution in [3.8, 4) is 5.75 Å². The Hall–Kier alpha value is -5.77. The number of nitrogens with one attached hydrogen (secondary N) is 2. The number of para-hydroxylation sites is 2. The zero-order valence-corrected chi connectivity index (χ0v) is 24.5. The minimum absolute atomic E-state index is 0.0424. The number of aromatic nitrogens is 2. The maximum Gasteiger partial charge on any atom is 0.261 e. The van der Waals surface area contributed by atoms with Gasteiger partial charge in [0, 0.05) is 17.8 Å². The number of aryl methyl sites for hydroxylation is 1. The van der Waals surface area contributed by atoms with E-state index in [1.807, 2.05) is 18.2 Å². The molecule has 0 spiro atoms. The predicted octanol–water partition coefficient (Wildman–Crippen LogP) is 5.60. The van der Waals surface area contributed by atoms with Crippen LogP contribution in [-0.2, 0) is 13.0 Å². The molecular formula is C35H29N5O5. The molecule has 10 heteroatoms. The van der Waals surface area contributed by atoms with Crippen LogP contribution in [0.25, 0.3) is 11.0 Å². The summed E-state index contributed by atoms with van der Waals surface area (Å²) in [5, 5.41) is 2.90. The average molecular weight is 600 g/mol. The number of hydrogen-bond acceptors (Lipinski definition) is 6. The normalized spacial score (nSPS) is 14.2. The lowest BCUT2D eigenvalue weighted by Gasteiger charge is -2.23. The number of carbonyl (C=O) groups is 4. The molecule has 0 aliphatic carbocycles. The molecule has 4 aromatic carbocycles. The molecule has 2 N–H and O–H groups in total. The predicted molar refractivity (Wildman–Crippen MR) is 169 cm³/mol. The van der Waals surface area contributed by atoms with Crippen molar-refractivity contribution in [2.45, 2.75) is 25.8 Å². The number of aromatic amines is 1. The van der Waals surface area contributed by atoms with Crippen LogP contribution in [0.3, 0.4) is 0 Å². The first-order valence-corrected chi connectivity index (χ1v) is 14.7. The van der Waals surface area contributed by atoms with Crippen molar-refractivity contribution < 1.29 is 23.9 Å². The highest BCUT2D eigenvalue weighted by Crippen LogP contribution is 2.31. The van der Waals surface area contributed by atoms with Crippen molar-refractivity contribution in [1.29, 1.82) is 0 Å². The molecule has 224 valence electrons. The number of amides is 4. The Kier molecular flexibility index (Phi) is 7.09. The number of anilines is 2. The van der Waals surface area contributed by atoms with Crippen molar-refractivity contribution in [3.63, 3.8) is 0 Å². The molecule has 4 amide bonds. The average Bonchev–Trinajstić information content (AvgIpc) is 3.50. The lowest BCUT2D eigenvalue weighted by atomic mass is 10.1. The Labute approximate surface area is 258 Å². The molecule has 10 nitrogen and oxygen atoms in total. The maximum absolute atomic E-state index is 13.6. The maximum atomic E-state index is 13.6. The first kappa shape index (κ1) is 28.0. The first-order valence-electron chi connectivity index (χ1n) is 14.7. The molecule has 3 heterocycles. The zero-order valence-electron chi connectivity index (χ0n) is 24.5. The molecule has 0 fully saturated rings. The van der Waals surface area contributed by atoms with Gasteiger partial charge in [-0.2, -0.15) is 0 Å². The number of H-pyrrole nitrogens is 1. The van der Waals surface area contributed by atoms with Crippen molar-refractivity contribution in [2.24, 2.45) is 0 Å². The molecular weight excluding hydrogens is 570 g/mol. The number of benzene rings is 4. The van der Waals surface area contributed by atoms with Gasteiger partial charge in [-0.3, -0.25) is 24.1 Å². The summed E-state index contributed by atoms with van der Waals surface area (Å²) in [7, 11) is 1.46. The minimum Gasteiger partial charge on any atom is -0.496 e. The van der Waals surface area contributed by atoms with E-state index in [0.717, 1.165) is 35.4 Å². The Morgan fingerprint density at radius 2 is 1.67 bits per heavy atom. The van der Waals surface area contributed by atoms with Crippen molar-refractivity contribution in [2.75, 3.05) is 23.9 Å². The third-order valence-electron chi connectivity index (χ3n) is 8.29. The van der Waals surface area contributed by atoms with E-state index in [-0.39, 0.29) is 35.6 Å². The van der Waals surface area contributed by atoms with Gasteiger partial charge in [-0.25, -0.2) is 4.98 Å². The molecule has 1 aromatic heterocycles. The Balaban J connectivity index is 1.12. The third-order valence-corrected chi connectivity index (χ3v) is 8.29. The summed E-state index contributed by atoms with van der Waals surface area (Å²) in [4.78, 5) is 63.6. The van der Waals surface area contributed by atoms with Gasteiger partial charge in [-0.1, -0.05) is 36.4 Å². The number of fused-ring (bicyclic) bond motifs is 3. The number of ether oxygens (including phenoxy) is 1. The van der Waals surface area contributed by atoms with Gasteiger partial charge in [0.05, 0.1) is 41.5 Å². The van der Waals surface area contributed by atoms with Crippen LogP contribution in [0.1, 0.15) is 65.7 Å². The molecule has 45 heavy (non-hydrogen) atoms. The minimum atomic E-state index is -0.441. The zero-order chi connectivity index (χ0) is 31.1. The second-order valence-electron chi connectivity index (χ2n) is 11.0. The van der Waals surface area contributed by atoms with Gasteiger partial charge in [-0.15, -0.1) is 0 Å². The monoisotopic (exact) mass is 599 g/mol. The van der Waals surface area contributed by atoms with E-state index in [9.17, 15) is 19.2 Å². The van der Waals surface area contributed by atoms with Crippen LogP contribution in [0.5, 0.6) is 5.75 Å². The molecule has 0 atom stereocenters. The molecule has 0 bridgehead atoms. The van der Waals surface area contributed by atoms with Crippen molar-refractivity contribution in [1.82, 2.24) is 14.9 Å². The Morgan fingerprint density at radius 1 is 0.911 bits per heavy atom. The highest BCUT2D eigenvalue weighted by atomic mass is 16.5. The van der Waals surface area contributed by atoms with E-state index in [1.54, 1.807) is 65.6 Å². The van der Waals surface area contributed by atoms with Crippen molar-refractivity contribution >= 4 is 46.0 Å². The third kappa shape index (κ3) is 5.00. The van der Waals surface area contributed by atoms with E-state index in [2.05, 4.69) is 21.4 Å². The van der Waals surface area contributed by atoms with Crippen LogP contribution < -0.4 is 15.0 Å². The van der Waals surface area contributed by atoms with Gasteiger partial charge in [0.15, 0.2) is 0 Å². The fourth-order valence-electron chi connectivity index (χ4n) is 6.05. The van der Waals surface area contributed by atoms with Gasteiger partial charge in [0.1, 0.15) is 17.1 Å².